The molecule has 1 heterocycles. The van der Waals surface area contributed by atoms with Crippen LogP contribution in [-0.2, 0) is 16.7 Å². The molecule has 3 heteroatoms. The summed E-state index contributed by atoms with van der Waals surface area (Å²) in [7, 11) is 0. The highest BCUT2D eigenvalue weighted by Gasteiger charge is 2.31. The van der Waals surface area contributed by atoms with Crippen LogP contribution in [0.25, 0.3) is 0 Å². The second-order valence-corrected chi connectivity index (χ2v) is 5.37. The normalized spacial score (nSPS) is 19.3. The molecular formula is C15H23NO2. The average molecular weight is 249 g/mol. The molecule has 0 radical (unpaired) electrons. The predicted molar refractivity (Wildman–Crippen MR) is 71.7 cm³/mol. The molecule has 1 aromatic rings. The number of hydrogen-bond acceptors (Lipinski definition) is 3. The maximum Gasteiger partial charge on any atom is 0.106 e. The van der Waals surface area contributed by atoms with Gasteiger partial charge in [0.15, 0.2) is 0 Å². The first kappa shape index (κ1) is 13.5. The summed E-state index contributed by atoms with van der Waals surface area (Å²) in [5.74, 6) is 0. The highest BCUT2D eigenvalue weighted by molar-refractivity contribution is 5.38. The molecule has 1 aliphatic heterocycles. The number of aryl methyl sites for hydroxylation is 1. The number of hydrogen-bond donors (Lipinski definition) is 1. The van der Waals surface area contributed by atoms with Crippen LogP contribution in [0.3, 0.4) is 0 Å². The van der Waals surface area contributed by atoms with Gasteiger partial charge in [0, 0.05) is 6.54 Å². The van der Waals surface area contributed by atoms with E-state index in [-0.39, 0.29) is 5.54 Å². The van der Waals surface area contributed by atoms with Crippen LogP contribution < -0.4 is 0 Å². The minimum absolute atomic E-state index is 0.295. The molecule has 0 saturated carbocycles. The molecule has 0 spiro atoms. The summed E-state index contributed by atoms with van der Waals surface area (Å²) in [5, 5.41) is 11.5. The van der Waals surface area contributed by atoms with Gasteiger partial charge >= 0.3 is 0 Å². The van der Waals surface area contributed by atoms with Crippen LogP contribution in [0.1, 0.15) is 50.5 Å². The average Bonchev–Trinajstić information content (AvgIpc) is 3.21. The molecule has 0 aromatic heterocycles. The molecule has 3 nitrogen and oxygen atoms in total. The van der Waals surface area contributed by atoms with Crippen molar-refractivity contribution in [1.29, 1.82) is 0 Å². The first-order valence-electron chi connectivity index (χ1n) is 6.72. The number of hydroxylamine groups is 2. The molecule has 1 N–H and O–H groups in total. The van der Waals surface area contributed by atoms with Crippen LogP contribution in [0, 0.1) is 0 Å². The molecule has 18 heavy (non-hydrogen) atoms. The number of epoxide rings is 1. The van der Waals surface area contributed by atoms with Crippen LogP contribution in [0.2, 0.25) is 0 Å². The zero-order chi connectivity index (χ0) is 13.3. The minimum atomic E-state index is -0.358. The molecule has 1 aliphatic rings. The lowest BCUT2D eigenvalue weighted by Gasteiger charge is -2.35. The molecular weight excluding hydrogens is 226 g/mol. The van der Waals surface area contributed by atoms with Crippen molar-refractivity contribution in [2.75, 3.05) is 13.2 Å². The standard InChI is InChI=1S/C15H23NO2/c1-5-11-9-12(14-10-18-14)7-8-13(11)15(3,4)16(17)6-2/h7-9,14,17H,5-6,10H2,1-4H3. The summed E-state index contributed by atoms with van der Waals surface area (Å²) in [6.07, 6.45) is 1.26. The predicted octanol–water partition coefficient (Wildman–Crippen LogP) is 3.27. The molecule has 0 amide bonds. The molecule has 0 aliphatic carbocycles. The summed E-state index contributed by atoms with van der Waals surface area (Å²) >= 11 is 0. The smallest absolute Gasteiger partial charge is 0.106 e. The minimum Gasteiger partial charge on any atom is -0.368 e. The number of rotatable bonds is 5. The lowest BCUT2D eigenvalue weighted by Crippen LogP contribution is -2.39. The molecule has 1 fully saturated rings. The third kappa shape index (κ3) is 2.44. The summed E-state index contributed by atoms with van der Waals surface area (Å²) in [4.78, 5) is 0. The van der Waals surface area contributed by atoms with Crippen LogP contribution in [0.4, 0.5) is 0 Å². The van der Waals surface area contributed by atoms with Crippen molar-refractivity contribution in [3.05, 3.63) is 34.9 Å². The van der Waals surface area contributed by atoms with E-state index in [0.29, 0.717) is 12.6 Å². The van der Waals surface area contributed by atoms with Crippen LogP contribution in [0.15, 0.2) is 18.2 Å². The van der Waals surface area contributed by atoms with E-state index < -0.39 is 0 Å². The van der Waals surface area contributed by atoms with Gasteiger partial charge in [-0.1, -0.05) is 32.0 Å². The lowest BCUT2D eigenvalue weighted by atomic mass is 9.87. The van der Waals surface area contributed by atoms with Gasteiger partial charge < -0.3 is 9.94 Å². The quantitative estimate of drug-likeness (QED) is 0.642. The van der Waals surface area contributed by atoms with Gasteiger partial charge in [-0.15, -0.1) is 0 Å². The largest absolute Gasteiger partial charge is 0.368 e. The Morgan fingerprint density at radius 2 is 2.06 bits per heavy atom. The maximum absolute atomic E-state index is 10.1. The lowest BCUT2D eigenvalue weighted by molar-refractivity contribution is -0.162. The van der Waals surface area contributed by atoms with Gasteiger partial charge in [-0.05, 0) is 37.0 Å². The Bertz CT molecular complexity index is 425. The Hall–Kier alpha value is -0.900. The molecule has 1 saturated heterocycles. The zero-order valence-electron chi connectivity index (χ0n) is 11.7. The SMILES string of the molecule is CCc1cc(C2CO2)ccc1C(C)(C)N(O)CC. The van der Waals surface area contributed by atoms with Crippen molar-refractivity contribution in [3.8, 4) is 0 Å². The Balaban J connectivity index is 2.37. The fourth-order valence-electron chi connectivity index (χ4n) is 2.48. The van der Waals surface area contributed by atoms with Crippen molar-refractivity contribution < 1.29 is 9.94 Å². The van der Waals surface area contributed by atoms with E-state index in [2.05, 4.69) is 39.0 Å². The van der Waals surface area contributed by atoms with Crippen molar-refractivity contribution in [3.63, 3.8) is 0 Å². The highest BCUT2D eigenvalue weighted by atomic mass is 16.6. The molecule has 1 aromatic carbocycles. The van der Waals surface area contributed by atoms with E-state index in [1.165, 1.54) is 21.8 Å². The van der Waals surface area contributed by atoms with E-state index in [1.54, 1.807) is 0 Å². The molecule has 1 atom stereocenters. The Kier molecular flexibility index (Phi) is 3.76. The van der Waals surface area contributed by atoms with Crippen LogP contribution >= 0.6 is 0 Å². The summed E-state index contributed by atoms with van der Waals surface area (Å²) in [6.45, 7) is 9.67. The van der Waals surface area contributed by atoms with Crippen LogP contribution in [-0.4, -0.2) is 23.4 Å². The summed E-state index contributed by atoms with van der Waals surface area (Å²) in [6, 6.07) is 6.48. The summed E-state index contributed by atoms with van der Waals surface area (Å²) < 4.78 is 5.33. The van der Waals surface area contributed by atoms with E-state index in [0.717, 1.165) is 13.0 Å². The molecule has 100 valence electrons. The van der Waals surface area contributed by atoms with E-state index in [4.69, 9.17) is 4.74 Å². The first-order valence-corrected chi connectivity index (χ1v) is 6.72. The Morgan fingerprint density at radius 1 is 1.39 bits per heavy atom. The maximum atomic E-state index is 10.1. The third-order valence-corrected chi connectivity index (χ3v) is 3.82. The highest BCUT2D eigenvalue weighted by Crippen LogP contribution is 2.35. The van der Waals surface area contributed by atoms with Gasteiger partial charge in [-0.3, -0.25) is 0 Å². The van der Waals surface area contributed by atoms with Crippen molar-refractivity contribution in [2.45, 2.75) is 45.8 Å². The molecule has 0 bridgehead atoms. The second kappa shape index (κ2) is 5.00. The molecule has 1 unspecified atom stereocenters. The third-order valence-electron chi connectivity index (χ3n) is 3.82. The Morgan fingerprint density at radius 3 is 2.56 bits per heavy atom. The van der Waals surface area contributed by atoms with Gasteiger partial charge in [-0.25, -0.2) is 0 Å². The van der Waals surface area contributed by atoms with Gasteiger partial charge in [-0.2, -0.15) is 5.06 Å². The molecule has 2 rings (SSSR count). The van der Waals surface area contributed by atoms with Crippen molar-refractivity contribution >= 4 is 0 Å². The van der Waals surface area contributed by atoms with E-state index in [1.807, 2.05) is 6.92 Å². The first-order chi connectivity index (χ1) is 8.50. The number of ether oxygens (including phenoxy) is 1. The fraction of sp³-hybridized carbons (Fsp3) is 0.600. The van der Waals surface area contributed by atoms with Crippen molar-refractivity contribution in [2.24, 2.45) is 0 Å². The zero-order valence-corrected chi connectivity index (χ0v) is 11.7. The van der Waals surface area contributed by atoms with Crippen molar-refractivity contribution in [1.82, 2.24) is 5.06 Å². The fourth-order valence-corrected chi connectivity index (χ4v) is 2.48. The topological polar surface area (TPSA) is 36.0 Å². The van der Waals surface area contributed by atoms with Crippen LogP contribution in [0.5, 0.6) is 0 Å². The number of nitrogens with zero attached hydrogens (tertiary/aromatic N) is 1. The summed E-state index contributed by atoms with van der Waals surface area (Å²) in [5.41, 5.74) is 3.38. The van der Waals surface area contributed by atoms with Gasteiger partial charge in [0.05, 0.1) is 12.1 Å². The van der Waals surface area contributed by atoms with Gasteiger partial charge in [0.2, 0.25) is 0 Å². The Labute approximate surface area is 109 Å². The van der Waals surface area contributed by atoms with Gasteiger partial charge in [0.1, 0.15) is 6.10 Å². The van der Waals surface area contributed by atoms with Gasteiger partial charge in [0.25, 0.3) is 0 Å². The number of benzene rings is 1. The monoisotopic (exact) mass is 249 g/mol. The van der Waals surface area contributed by atoms with E-state index >= 15 is 0 Å². The second-order valence-electron chi connectivity index (χ2n) is 5.37. The van der Waals surface area contributed by atoms with E-state index in [9.17, 15) is 5.21 Å².